The van der Waals surface area contributed by atoms with Crippen LogP contribution in [0.2, 0.25) is 0 Å². The highest BCUT2D eigenvalue weighted by Crippen LogP contribution is 2.10. The third-order valence-corrected chi connectivity index (χ3v) is 3.08. The maximum atomic E-state index is 11.7. The van der Waals surface area contributed by atoms with Crippen LogP contribution in [0.15, 0.2) is 30.3 Å². The number of carbonyl (C=O) groups is 1. The van der Waals surface area contributed by atoms with Crippen molar-refractivity contribution in [3.05, 3.63) is 35.9 Å². The van der Waals surface area contributed by atoms with Crippen LogP contribution in [0.25, 0.3) is 0 Å². The van der Waals surface area contributed by atoms with Gasteiger partial charge in [0, 0.05) is 19.8 Å². The normalized spacial score (nSPS) is 11.9. The first kappa shape index (κ1) is 17.5. The topological polar surface area (TPSA) is 70.6 Å². The van der Waals surface area contributed by atoms with Crippen LogP contribution in [0, 0.1) is 0 Å². The Bertz CT molecular complexity index is 384. The Kier molecular flexibility index (Phi) is 9.24. The van der Waals surface area contributed by atoms with Gasteiger partial charge in [0.2, 0.25) is 0 Å². The molecule has 0 aliphatic carbocycles. The number of aliphatic hydroxyl groups is 1. The van der Waals surface area contributed by atoms with Gasteiger partial charge in [-0.25, -0.2) is 4.79 Å². The lowest BCUT2D eigenvalue weighted by molar-refractivity contribution is 0.129. The molecule has 0 radical (unpaired) electrons. The third-order valence-electron chi connectivity index (χ3n) is 3.08. The van der Waals surface area contributed by atoms with Gasteiger partial charge in [0.15, 0.2) is 0 Å². The van der Waals surface area contributed by atoms with E-state index in [-0.39, 0.29) is 18.7 Å². The lowest BCUT2D eigenvalue weighted by Crippen LogP contribution is -2.39. The summed E-state index contributed by atoms with van der Waals surface area (Å²) in [5.74, 6) is 0. The highest BCUT2D eigenvalue weighted by atomic mass is 16.5. The smallest absolute Gasteiger partial charge is 0.315 e. The van der Waals surface area contributed by atoms with Gasteiger partial charge >= 0.3 is 6.03 Å². The lowest BCUT2D eigenvalue weighted by atomic mass is 10.1. The van der Waals surface area contributed by atoms with Crippen LogP contribution in [-0.2, 0) is 4.74 Å². The molecule has 1 aromatic rings. The first-order valence-electron chi connectivity index (χ1n) is 7.55. The van der Waals surface area contributed by atoms with E-state index in [2.05, 4.69) is 17.6 Å². The van der Waals surface area contributed by atoms with E-state index >= 15 is 0 Å². The van der Waals surface area contributed by atoms with E-state index in [1.165, 1.54) is 0 Å². The Hall–Kier alpha value is -1.59. The molecular formula is C16H26N2O3. The van der Waals surface area contributed by atoms with Gasteiger partial charge in [-0.15, -0.1) is 0 Å². The first-order chi connectivity index (χ1) is 10.3. The second-order valence-corrected chi connectivity index (χ2v) is 4.87. The minimum Gasteiger partial charge on any atom is -0.394 e. The van der Waals surface area contributed by atoms with Gasteiger partial charge in [-0.1, -0.05) is 43.7 Å². The molecule has 21 heavy (non-hydrogen) atoms. The molecule has 5 heteroatoms. The highest BCUT2D eigenvalue weighted by molar-refractivity contribution is 5.74. The fourth-order valence-corrected chi connectivity index (χ4v) is 1.85. The van der Waals surface area contributed by atoms with Gasteiger partial charge in [-0.05, 0) is 18.4 Å². The predicted octanol–water partition coefficient (Wildman–Crippen LogP) is 2.23. The standard InChI is InChI=1S/C16H26N2O3/c1-2-3-11-21-12-7-10-17-16(20)18-15(13-19)14-8-5-4-6-9-14/h4-6,8-9,15,19H,2-3,7,10-13H2,1H3,(H2,17,18,20). The summed E-state index contributed by atoms with van der Waals surface area (Å²) in [7, 11) is 0. The summed E-state index contributed by atoms with van der Waals surface area (Å²) in [5, 5.41) is 14.9. The van der Waals surface area contributed by atoms with Crippen molar-refractivity contribution in [1.29, 1.82) is 0 Å². The van der Waals surface area contributed by atoms with Crippen LogP contribution < -0.4 is 10.6 Å². The zero-order chi connectivity index (χ0) is 15.3. The third kappa shape index (κ3) is 7.68. The van der Waals surface area contributed by atoms with Crippen molar-refractivity contribution in [3.63, 3.8) is 0 Å². The largest absolute Gasteiger partial charge is 0.394 e. The number of hydrogen-bond acceptors (Lipinski definition) is 3. The SMILES string of the molecule is CCCCOCCCNC(=O)NC(CO)c1ccccc1. The van der Waals surface area contributed by atoms with Crippen molar-refractivity contribution in [2.75, 3.05) is 26.4 Å². The van der Waals surface area contributed by atoms with Gasteiger partial charge in [0.25, 0.3) is 0 Å². The molecule has 1 aromatic carbocycles. The number of urea groups is 1. The van der Waals surface area contributed by atoms with E-state index in [1.807, 2.05) is 30.3 Å². The summed E-state index contributed by atoms with van der Waals surface area (Å²) in [6.07, 6.45) is 2.98. The minimum atomic E-state index is -0.382. The summed E-state index contributed by atoms with van der Waals surface area (Å²) in [6.45, 7) is 3.99. The van der Waals surface area contributed by atoms with E-state index < -0.39 is 0 Å². The number of nitrogens with one attached hydrogen (secondary N) is 2. The molecule has 1 rings (SSSR count). The van der Waals surface area contributed by atoms with Crippen molar-refractivity contribution in [3.8, 4) is 0 Å². The summed E-state index contributed by atoms with van der Waals surface area (Å²) in [5.41, 5.74) is 0.887. The zero-order valence-electron chi connectivity index (χ0n) is 12.7. The number of aliphatic hydroxyl groups excluding tert-OH is 1. The maximum Gasteiger partial charge on any atom is 0.315 e. The highest BCUT2D eigenvalue weighted by Gasteiger charge is 2.12. The molecular weight excluding hydrogens is 268 g/mol. The first-order valence-corrected chi connectivity index (χ1v) is 7.55. The molecule has 0 fully saturated rings. The Morgan fingerprint density at radius 1 is 1.24 bits per heavy atom. The molecule has 3 N–H and O–H groups in total. The molecule has 2 amide bonds. The molecule has 0 bridgehead atoms. The number of amides is 2. The van der Waals surface area contributed by atoms with E-state index in [0.29, 0.717) is 13.2 Å². The Balaban J connectivity index is 2.17. The van der Waals surface area contributed by atoms with Crippen LogP contribution in [-0.4, -0.2) is 37.5 Å². The quantitative estimate of drug-likeness (QED) is 0.580. The second kappa shape index (κ2) is 11.1. The van der Waals surface area contributed by atoms with Gasteiger partial charge < -0.3 is 20.5 Å². The maximum absolute atomic E-state index is 11.7. The predicted molar refractivity (Wildman–Crippen MR) is 83.1 cm³/mol. The van der Waals surface area contributed by atoms with Crippen molar-refractivity contribution in [2.45, 2.75) is 32.2 Å². The molecule has 0 saturated carbocycles. The van der Waals surface area contributed by atoms with Crippen LogP contribution >= 0.6 is 0 Å². The average Bonchev–Trinajstić information content (AvgIpc) is 2.52. The molecule has 0 heterocycles. The van der Waals surface area contributed by atoms with Gasteiger partial charge in [-0.2, -0.15) is 0 Å². The molecule has 1 atom stereocenters. The van der Waals surface area contributed by atoms with Crippen molar-refractivity contribution in [2.24, 2.45) is 0 Å². The van der Waals surface area contributed by atoms with Crippen molar-refractivity contribution < 1.29 is 14.6 Å². The molecule has 0 aliphatic heterocycles. The van der Waals surface area contributed by atoms with Crippen LogP contribution in [0.4, 0.5) is 4.79 Å². The zero-order valence-corrected chi connectivity index (χ0v) is 12.7. The summed E-state index contributed by atoms with van der Waals surface area (Å²) < 4.78 is 5.42. The monoisotopic (exact) mass is 294 g/mol. The van der Waals surface area contributed by atoms with Crippen LogP contribution in [0.3, 0.4) is 0 Å². The van der Waals surface area contributed by atoms with Crippen LogP contribution in [0.5, 0.6) is 0 Å². The Labute approximate surface area is 126 Å². The minimum absolute atomic E-state index is 0.127. The van der Waals surface area contributed by atoms with E-state index in [4.69, 9.17) is 4.74 Å². The molecule has 1 unspecified atom stereocenters. The molecule has 118 valence electrons. The molecule has 0 saturated heterocycles. The molecule has 0 aliphatic rings. The molecule has 5 nitrogen and oxygen atoms in total. The van der Waals surface area contributed by atoms with Gasteiger partial charge in [0.05, 0.1) is 12.6 Å². The Morgan fingerprint density at radius 3 is 2.62 bits per heavy atom. The average molecular weight is 294 g/mol. The van der Waals surface area contributed by atoms with Gasteiger partial charge in [0.1, 0.15) is 0 Å². The molecule has 0 spiro atoms. The van der Waals surface area contributed by atoms with E-state index in [9.17, 15) is 9.90 Å². The number of ether oxygens (including phenoxy) is 1. The second-order valence-electron chi connectivity index (χ2n) is 4.87. The fraction of sp³-hybridized carbons (Fsp3) is 0.562. The number of benzene rings is 1. The van der Waals surface area contributed by atoms with E-state index in [1.54, 1.807) is 0 Å². The molecule has 0 aromatic heterocycles. The summed E-state index contributed by atoms with van der Waals surface area (Å²) >= 11 is 0. The number of unbranched alkanes of at least 4 members (excludes halogenated alkanes) is 1. The summed E-state index contributed by atoms with van der Waals surface area (Å²) in [4.78, 5) is 11.7. The lowest BCUT2D eigenvalue weighted by Gasteiger charge is -2.17. The number of rotatable bonds is 10. The van der Waals surface area contributed by atoms with Crippen molar-refractivity contribution >= 4 is 6.03 Å². The number of carbonyl (C=O) groups excluding carboxylic acids is 1. The van der Waals surface area contributed by atoms with Crippen molar-refractivity contribution in [1.82, 2.24) is 10.6 Å². The number of hydrogen-bond donors (Lipinski definition) is 3. The van der Waals surface area contributed by atoms with Crippen LogP contribution in [0.1, 0.15) is 37.8 Å². The Morgan fingerprint density at radius 2 is 1.95 bits per heavy atom. The fourth-order valence-electron chi connectivity index (χ4n) is 1.85. The van der Waals surface area contributed by atoms with Gasteiger partial charge in [-0.3, -0.25) is 0 Å². The van der Waals surface area contributed by atoms with E-state index in [0.717, 1.165) is 31.4 Å². The summed E-state index contributed by atoms with van der Waals surface area (Å²) in [6, 6.07) is 8.76.